The SMILES string of the molecule is CC1CCCC(CN)(N(C)CCCc2ccccc2)C1. The van der Waals surface area contributed by atoms with Crippen LogP contribution in [0.1, 0.15) is 44.6 Å². The number of aryl methyl sites for hydroxylation is 1. The number of rotatable bonds is 6. The first kappa shape index (κ1) is 15.5. The zero-order valence-electron chi connectivity index (χ0n) is 13.1. The van der Waals surface area contributed by atoms with Crippen LogP contribution >= 0.6 is 0 Å². The first-order valence-electron chi connectivity index (χ1n) is 8.11. The lowest BCUT2D eigenvalue weighted by Gasteiger charge is -2.46. The van der Waals surface area contributed by atoms with E-state index in [1.807, 2.05) is 0 Å². The normalized spacial score (nSPS) is 26.9. The zero-order chi connectivity index (χ0) is 14.4. The van der Waals surface area contributed by atoms with Crippen LogP contribution in [0.25, 0.3) is 0 Å². The van der Waals surface area contributed by atoms with Crippen molar-refractivity contribution in [1.29, 1.82) is 0 Å². The second-order valence-corrected chi connectivity index (χ2v) is 6.64. The van der Waals surface area contributed by atoms with Crippen LogP contribution in [-0.2, 0) is 6.42 Å². The molecule has 2 atom stereocenters. The summed E-state index contributed by atoms with van der Waals surface area (Å²) in [6, 6.07) is 10.8. The highest BCUT2D eigenvalue weighted by atomic mass is 15.2. The van der Waals surface area contributed by atoms with Crippen molar-refractivity contribution in [2.45, 2.75) is 51.0 Å². The van der Waals surface area contributed by atoms with Crippen LogP contribution in [0.2, 0.25) is 0 Å². The molecule has 0 spiro atoms. The summed E-state index contributed by atoms with van der Waals surface area (Å²) in [7, 11) is 2.27. The van der Waals surface area contributed by atoms with Crippen molar-refractivity contribution in [3.8, 4) is 0 Å². The number of hydrogen-bond acceptors (Lipinski definition) is 2. The van der Waals surface area contributed by atoms with Crippen LogP contribution in [0.5, 0.6) is 0 Å². The Morgan fingerprint density at radius 2 is 2.05 bits per heavy atom. The molecule has 0 radical (unpaired) electrons. The summed E-state index contributed by atoms with van der Waals surface area (Å²) in [4.78, 5) is 2.55. The third kappa shape index (κ3) is 3.83. The van der Waals surface area contributed by atoms with E-state index >= 15 is 0 Å². The highest BCUT2D eigenvalue weighted by molar-refractivity contribution is 5.14. The lowest BCUT2D eigenvalue weighted by atomic mass is 9.75. The summed E-state index contributed by atoms with van der Waals surface area (Å²) in [6.45, 7) is 4.33. The first-order chi connectivity index (χ1) is 9.66. The van der Waals surface area contributed by atoms with E-state index in [0.717, 1.165) is 19.0 Å². The molecule has 0 amide bonds. The van der Waals surface area contributed by atoms with Gasteiger partial charge in [0.05, 0.1) is 0 Å². The van der Waals surface area contributed by atoms with Crippen LogP contribution in [-0.4, -0.2) is 30.6 Å². The minimum atomic E-state index is 0.258. The summed E-state index contributed by atoms with van der Waals surface area (Å²) in [5, 5.41) is 0. The van der Waals surface area contributed by atoms with Crippen molar-refractivity contribution in [2.24, 2.45) is 11.7 Å². The van der Waals surface area contributed by atoms with E-state index < -0.39 is 0 Å². The number of likely N-dealkylation sites (N-methyl/N-ethyl adjacent to an activating group) is 1. The summed E-state index contributed by atoms with van der Waals surface area (Å²) >= 11 is 0. The molecule has 0 heterocycles. The molecule has 1 saturated carbocycles. The average molecular weight is 274 g/mol. The van der Waals surface area contributed by atoms with E-state index in [-0.39, 0.29) is 5.54 Å². The molecule has 2 nitrogen and oxygen atoms in total. The molecular formula is C18H30N2. The predicted molar refractivity (Wildman–Crippen MR) is 86.8 cm³/mol. The Morgan fingerprint density at radius 1 is 1.30 bits per heavy atom. The Kier molecular flexibility index (Phi) is 5.62. The van der Waals surface area contributed by atoms with Gasteiger partial charge in [-0.2, -0.15) is 0 Å². The van der Waals surface area contributed by atoms with Crippen molar-refractivity contribution in [3.63, 3.8) is 0 Å². The van der Waals surface area contributed by atoms with Gasteiger partial charge in [0, 0.05) is 12.1 Å². The van der Waals surface area contributed by atoms with Crippen molar-refractivity contribution in [2.75, 3.05) is 20.1 Å². The molecule has 0 bridgehead atoms. The van der Waals surface area contributed by atoms with Gasteiger partial charge in [-0.1, -0.05) is 50.1 Å². The van der Waals surface area contributed by atoms with Gasteiger partial charge in [0.25, 0.3) is 0 Å². The van der Waals surface area contributed by atoms with Gasteiger partial charge in [0.1, 0.15) is 0 Å². The molecule has 1 fully saturated rings. The number of benzene rings is 1. The molecule has 1 aromatic carbocycles. The fourth-order valence-corrected chi connectivity index (χ4v) is 3.72. The molecule has 112 valence electrons. The van der Waals surface area contributed by atoms with E-state index in [2.05, 4.69) is 49.2 Å². The Labute approximate surface area is 124 Å². The zero-order valence-corrected chi connectivity index (χ0v) is 13.1. The lowest BCUT2D eigenvalue weighted by Crippen LogP contribution is -2.54. The van der Waals surface area contributed by atoms with E-state index in [4.69, 9.17) is 5.73 Å². The van der Waals surface area contributed by atoms with Gasteiger partial charge >= 0.3 is 0 Å². The smallest absolute Gasteiger partial charge is 0.0331 e. The van der Waals surface area contributed by atoms with Crippen molar-refractivity contribution < 1.29 is 0 Å². The van der Waals surface area contributed by atoms with Gasteiger partial charge in [-0.25, -0.2) is 0 Å². The Balaban J connectivity index is 1.85. The topological polar surface area (TPSA) is 29.3 Å². The van der Waals surface area contributed by atoms with Gasteiger partial charge in [-0.3, -0.25) is 4.90 Å². The highest BCUT2D eigenvalue weighted by Gasteiger charge is 2.36. The summed E-state index contributed by atoms with van der Waals surface area (Å²) in [5.41, 5.74) is 7.85. The van der Waals surface area contributed by atoms with Gasteiger partial charge in [-0.05, 0) is 50.8 Å². The maximum Gasteiger partial charge on any atom is 0.0331 e. The van der Waals surface area contributed by atoms with Crippen LogP contribution < -0.4 is 5.73 Å². The van der Waals surface area contributed by atoms with Gasteiger partial charge in [-0.15, -0.1) is 0 Å². The van der Waals surface area contributed by atoms with E-state index in [1.165, 1.54) is 44.1 Å². The highest BCUT2D eigenvalue weighted by Crippen LogP contribution is 2.35. The second-order valence-electron chi connectivity index (χ2n) is 6.64. The minimum Gasteiger partial charge on any atom is -0.329 e. The van der Waals surface area contributed by atoms with E-state index in [1.54, 1.807) is 0 Å². The Hall–Kier alpha value is -0.860. The maximum absolute atomic E-state index is 6.14. The molecular weight excluding hydrogens is 244 g/mol. The Bertz CT molecular complexity index is 390. The molecule has 1 aliphatic carbocycles. The maximum atomic E-state index is 6.14. The minimum absolute atomic E-state index is 0.258. The second kappa shape index (κ2) is 7.24. The number of hydrogen-bond donors (Lipinski definition) is 1. The standard InChI is InChI=1S/C18H30N2/c1-16-8-6-12-18(14-16,15-19)20(2)13-7-11-17-9-4-3-5-10-17/h3-5,9-10,16H,6-8,11-15,19H2,1-2H3. The van der Waals surface area contributed by atoms with Gasteiger partial charge in [0.15, 0.2) is 0 Å². The monoisotopic (exact) mass is 274 g/mol. The number of nitrogens with zero attached hydrogens (tertiary/aromatic N) is 1. The third-order valence-electron chi connectivity index (χ3n) is 5.06. The van der Waals surface area contributed by atoms with E-state index in [0.29, 0.717) is 0 Å². The van der Waals surface area contributed by atoms with E-state index in [9.17, 15) is 0 Å². The molecule has 1 aromatic rings. The molecule has 2 heteroatoms. The average Bonchev–Trinajstić information content (AvgIpc) is 2.48. The molecule has 2 rings (SSSR count). The predicted octanol–water partition coefficient (Wildman–Crippen LogP) is 3.46. The molecule has 2 N–H and O–H groups in total. The summed E-state index contributed by atoms with van der Waals surface area (Å²) < 4.78 is 0. The summed E-state index contributed by atoms with van der Waals surface area (Å²) in [5.74, 6) is 0.823. The molecule has 20 heavy (non-hydrogen) atoms. The van der Waals surface area contributed by atoms with Crippen molar-refractivity contribution >= 4 is 0 Å². The fourth-order valence-electron chi connectivity index (χ4n) is 3.72. The van der Waals surface area contributed by atoms with Gasteiger partial charge in [0.2, 0.25) is 0 Å². The van der Waals surface area contributed by atoms with Crippen LogP contribution in [0.4, 0.5) is 0 Å². The van der Waals surface area contributed by atoms with Crippen molar-refractivity contribution in [1.82, 2.24) is 4.90 Å². The number of nitrogens with two attached hydrogens (primary N) is 1. The van der Waals surface area contributed by atoms with Gasteiger partial charge < -0.3 is 5.73 Å². The third-order valence-corrected chi connectivity index (χ3v) is 5.06. The Morgan fingerprint density at radius 3 is 2.70 bits per heavy atom. The molecule has 0 saturated heterocycles. The largest absolute Gasteiger partial charge is 0.329 e. The van der Waals surface area contributed by atoms with Crippen LogP contribution in [0.15, 0.2) is 30.3 Å². The lowest BCUT2D eigenvalue weighted by molar-refractivity contribution is 0.0608. The summed E-state index contributed by atoms with van der Waals surface area (Å²) in [6.07, 6.45) is 7.64. The quantitative estimate of drug-likeness (QED) is 0.861. The molecule has 0 aromatic heterocycles. The fraction of sp³-hybridized carbons (Fsp3) is 0.667. The molecule has 2 unspecified atom stereocenters. The molecule has 1 aliphatic rings. The first-order valence-corrected chi connectivity index (χ1v) is 8.11. The molecule has 0 aliphatic heterocycles. The van der Waals surface area contributed by atoms with Crippen LogP contribution in [0, 0.1) is 5.92 Å². The van der Waals surface area contributed by atoms with Crippen molar-refractivity contribution in [3.05, 3.63) is 35.9 Å². The van der Waals surface area contributed by atoms with Crippen LogP contribution in [0.3, 0.4) is 0 Å².